The lowest BCUT2D eigenvalue weighted by molar-refractivity contribution is 0.515. The Morgan fingerprint density at radius 1 is 1.12 bits per heavy atom. The summed E-state index contributed by atoms with van der Waals surface area (Å²) in [6.07, 6.45) is 1.72. The van der Waals surface area contributed by atoms with E-state index < -0.39 is 0 Å². The van der Waals surface area contributed by atoms with Gasteiger partial charge in [-0.1, -0.05) is 0 Å². The number of rotatable bonds is 4. The third-order valence-corrected chi connectivity index (χ3v) is 2.80. The first-order valence-electron chi connectivity index (χ1n) is 5.71. The van der Waals surface area contributed by atoms with Gasteiger partial charge in [0.25, 0.3) is 0 Å². The van der Waals surface area contributed by atoms with Crippen LogP contribution >= 0.6 is 0 Å². The minimum absolute atomic E-state index is 0.722. The number of nitrogens with zero attached hydrogens (tertiary/aromatic N) is 1. The molecule has 0 aliphatic carbocycles. The smallest absolute Gasteiger partial charge is 0.125 e. The molecule has 0 saturated carbocycles. The summed E-state index contributed by atoms with van der Waals surface area (Å²) in [5, 5.41) is 3.34. The second-order valence-corrected chi connectivity index (χ2v) is 4.32. The van der Waals surface area contributed by atoms with E-state index in [0.29, 0.717) is 0 Å². The number of furan rings is 1. The van der Waals surface area contributed by atoms with Crippen LogP contribution in [-0.4, -0.2) is 14.1 Å². The maximum Gasteiger partial charge on any atom is 0.125 e. The van der Waals surface area contributed by atoms with Gasteiger partial charge in [-0.15, -0.1) is 0 Å². The lowest BCUT2D eigenvalue weighted by atomic mass is 10.2. The summed E-state index contributed by atoms with van der Waals surface area (Å²) in [4.78, 5) is 2.08. The Morgan fingerprint density at radius 2 is 1.82 bits per heavy atom. The quantitative estimate of drug-likeness (QED) is 0.873. The molecule has 2 rings (SSSR count). The lowest BCUT2D eigenvalue weighted by Crippen LogP contribution is -2.08. The van der Waals surface area contributed by atoms with Crippen LogP contribution in [-0.2, 0) is 6.54 Å². The van der Waals surface area contributed by atoms with Gasteiger partial charge in [0.2, 0.25) is 0 Å². The van der Waals surface area contributed by atoms with E-state index in [4.69, 9.17) is 4.42 Å². The largest absolute Gasteiger partial charge is 0.467 e. The van der Waals surface area contributed by atoms with Crippen LogP contribution in [0.3, 0.4) is 0 Å². The fourth-order valence-corrected chi connectivity index (χ4v) is 1.64. The average molecular weight is 230 g/mol. The van der Waals surface area contributed by atoms with E-state index in [1.54, 1.807) is 6.26 Å². The van der Waals surface area contributed by atoms with Gasteiger partial charge in [-0.2, -0.15) is 0 Å². The first-order chi connectivity index (χ1) is 8.16. The van der Waals surface area contributed by atoms with Gasteiger partial charge in [0.1, 0.15) is 5.76 Å². The van der Waals surface area contributed by atoms with Crippen LogP contribution in [0.1, 0.15) is 11.3 Å². The number of hydrogen-bond donors (Lipinski definition) is 1. The Hall–Kier alpha value is -1.90. The molecular weight excluding hydrogens is 212 g/mol. The molecule has 0 saturated heterocycles. The maximum atomic E-state index is 5.38. The molecule has 1 N–H and O–H groups in total. The molecule has 3 heteroatoms. The van der Waals surface area contributed by atoms with E-state index in [1.165, 1.54) is 11.3 Å². The molecule has 0 aliphatic rings. The first-order valence-corrected chi connectivity index (χ1v) is 5.71. The van der Waals surface area contributed by atoms with Gasteiger partial charge in [-0.3, -0.25) is 0 Å². The molecule has 0 aliphatic heterocycles. The second-order valence-electron chi connectivity index (χ2n) is 4.32. The lowest BCUT2D eigenvalue weighted by Gasteiger charge is -2.13. The molecule has 2 aromatic rings. The minimum Gasteiger partial charge on any atom is -0.467 e. The number of hydrogen-bond acceptors (Lipinski definition) is 3. The van der Waals surface area contributed by atoms with Crippen molar-refractivity contribution < 1.29 is 4.42 Å². The van der Waals surface area contributed by atoms with E-state index in [-0.39, 0.29) is 0 Å². The molecule has 0 bridgehead atoms. The number of nitrogens with one attached hydrogen (secondary N) is 1. The summed E-state index contributed by atoms with van der Waals surface area (Å²) in [5.41, 5.74) is 3.48. The Morgan fingerprint density at radius 3 is 2.35 bits per heavy atom. The summed E-state index contributed by atoms with van der Waals surface area (Å²) < 4.78 is 5.38. The molecule has 3 nitrogen and oxygen atoms in total. The van der Waals surface area contributed by atoms with Crippen molar-refractivity contribution in [1.29, 1.82) is 0 Å². The van der Waals surface area contributed by atoms with E-state index >= 15 is 0 Å². The van der Waals surface area contributed by atoms with Crippen LogP contribution in [0.15, 0.2) is 41.0 Å². The summed E-state index contributed by atoms with van der Waals surface area (Å²) in [6, 6.07) is 10.3. The molecule has 0 fully saturated rings. The SMILES string of the molecule is Cc1ccoc1CNc1ccc(N(C)C)cc1. The predicted octanol–water partition coefficient (Wildman–Crippen LogP) is 3.27. The highest BCUT2D eigenvalue weighted by atomic mass is 16.3. The van der Waals surface area contributed by atoms with E-state index in [0.717, 1.165) is 18.0 Å². The third-order valence-electron chi connectivity index (χ3n) is 2.80. The van der Waals surface area contributed by atoms with Crippen LogP contribution in [0.2, 0.25) is 0 Å². The fourth-order valence-electron chi connectivity index (χ4n) is 1.64. The standard InChI is InChI=1S/C14H18N2O/c1-11-8-9-17-14(11)10-15-12-4-6-13(7-5-12)16(2)3/h4-9,15H,10H2,1-3H3. The Balaban J connectivity index is 1.98. The maximum absolute atomic E-state index is 5.38. The highest BCUT2D eigenvalue weighted by Gasteiger charge is 2.01. The summed E-state index contributed by atoms with van der Waals surface area (Å²) in [5.74, 6) is 0.988. The second kappa shape index (κ2) is 4.95. The Kier molecular flexibility index (Phi) is 3.38. The third kappa shape index (κ3) is 2.81. The van der Waals surface area contributed by atoms with Crippen molar-refractivity contribution in [2.45, 2.75) is 13.5 Å². The topological polar surface area (TPSA) is 28.4 Å². The van der Waals surface area contributed by atoms with Crippen LogP contribution in [0, 0.1) is 6.92 Å². The van der Waals surface area contributed by atoms with Crippen molar-refractivity contribution in [3.8, 4) is 0 Å². The van der Waals surface area contributed by atoms with Crippen molar-refractivity contribution in [1.82, 2.24) is 0 Å². The zero-order valence-electron chi connectivity index (χ0n) is 10.5. The van der Waals surface area contributed by atoms with Crippen molar-refractivity contribution in [3.63, 3.8) is 0 Å². The predicted molar refractivity (Wildman–Crippen MR) is 71.5 cm³/mol. The van der Waals surface area contributed by atoms with E-state index in [2.05, 4.69) is 41.4 Å². The normalized spacial score (nSPS) is 10.3. The van der Waals surface area contributed by atoms with E-state index in [1.807, 2.05) is 20.2 Å². The van der Waals surface area contributed by atoms with Gasteiger partial charge >= 0.3 is 0 Å². The van der Waals surface area contributed by atoms with Crippen molar-refractivity contribution in [2.24, 2.45) is 0 Å². The molecule has 1 aromatic heterocycles. The zero-order chi connectivity index (χ0) is 12.3. The van der Waals surface area contributed by atoms with E-state index in [9.17, 15) is 0 Å². The van der Waals surface area contributed by atoms with Crippen LogP contribution < -0.4 is 10.2 Å². The molecule has 0 radical (unpaired) electrons. The monoisotopic (exact) mass is 230 g/mol. The Labute approximate surface area is 102 Å². The number of aryl methyl sites for hydroxylation is 1. The molecule has 0 unspecified atom stereocenters. The van der Waals surface area contributed by atoms with Gasteiger partial charge < -0.3 is 14.6 Å². The molecular formula is C14H18N2O. The summed E-state index contributed by atoms with van der Waals surface area (Å²) >= 11 is 0. The van der Waals surface area contributed by atoms with Crippen molar-refractivity contribution in [2.75, 3.05) is 24.3 Å². The van der Waals surface area contributed by atoms with Gasteiger partial charge in [0.05, 0.1) is 12.8 Å². The molecule has 1 heterocycles. The highest BCUT2D eigenvalue weighted by Crippen LogP contribution is 2.17. The van der Waals surface area contributed by atoms with Gasteiger partial charge in [0, 0.05) is 25.5 Å². The zero-order valence-corrected chi connectivity index (χ0v) is 10.5. The minimum atomic E-state index is 0.722. The van der Waals surface area contributed by atoms with Crippen LogP contribution in [0.4, 0.5) is 11.4 Å². The van der Waals surface area contributed by atoms with Crippen molar-refractivity contribution >= 4 is 11.4 Å². The molecule has 90 valence electrons. The van der Waals surface area contributed by atoms with Gasteiger partial charge in [0.15, 0.2) is 0 Å². The van der Waals surface area contributed by atoms with Gasteiger partial charge in [-0.05, 0) is 42.8 Å². The summed E-state index contributed by atoms with van der Waals surface area (Å²) in [7, 11) is 4.07. The molecule has 0 amide bonds. The molecule has 17 heavy (non-hydrogen) atoms. The number of benzene rings is 1. The average Bonchev–Trinajstić information content (AvgIpc) is 2.73. The first kappa shape index (κ1) is 11.6. The van der Waals surface area contributed by atoms with Gasteiger partial charge in [-0.25, -0.2) is 0 Å². The Bertz CT molecular complexity index is 471. The van der Waals surface area contributed by atoms with Crippen molar-refractivity contribution in [3.05, 3.63) is 47.9 Å². The van der Waals surface area contributed by atoms with Crippen LogP contribution in [0.25, 0.3) is 0 Å². The molecule has 0 spiro atoms. The number of anilines is 2. The highest BCUT2D eigenvalue weighted by molar-refractivity contribution is 5.54. The van der Waals surface area contributed by atoms with Crippen LogP contribution in [0.5, 0.6) is 0 Å². The molecule has 1 aromatic carbocycles. The molecule has 0 atom stereocenters. The summed E-state index contributed by atoms with van der Waals surface area (Å²) in [6.45, 7) is 2.77. The fraction of sp³-hybridized carbons (Fsp3) is 0.286.